The Morgan fingerprint density at radius 2 is 2.40 bits per heavy atom. The van der Waals surface area contributed by atoms with Gasteiger partial charge in [-0.2, -0.15) is 0 Å². The number of hydrogen-bond acceptors (Lipinski definition) is 3. The second-order valence-electron chi connectivity index (χ2n) is 4.00. The standard InChI is InChI=1S/C11H17N3.CH4/c1-14-6-4-9(7-12)11(14)10-3-2-5-13-8-10;/h2-3,5,8-9,11H,4,6-7,12H2,1H3;1H4/t9-,11+;/m1./s1. The van der Waals surface area contributed by atoms with Crippen LogP contribution in [0.3, 0.4) is 0 Å². The predicted octanol–water partition coefficient (Wildman–Crippen LogP) is 1.67. The number of rotatable bonds is 2. The van der Waals surface area contributed by atoms with Gasteiger partial charge in [-0.15, -0.1) is 0 Å². The van der Waals surface area contributed by atoms with Gasteiger partial charge in [0.05, 0.1) is 0 Å². The highest BCUT2D eigenvalue weighted by atomic mass is 15.2. The monoisotopic (exact) mass is 207 g/mol. The molecule has 1 fully saturated rings. The maximum atomic E-state index is 5.78. The van der Waals surface area contributed by atoms with Gasteiger partial charge in [-0.1, -0.05) is 13.5 Å². The maximum Gasteiger partial charge on any atom is 0.0400 e. The molecule has 1 saturated heterocycles. The van der Waals surface area contributed by atoms with Crippen molar-refractivity contribution in [1.29, 1.82) is 0 Å². The van der Waals surface area contributed by atoms with E-state index in [1.807, 2.05) is 18.5 Å². The lowest BCUT2D eigenvalue weighted by atomic mass is 9.95. The molecular formula is C12H21N3. The Morgan fingerprint density at radius 3 is 3.00 bits per heavy atom. The highest BCUT2D eigenvalue weighted by Crippen LogP contribution is 2.34. The van der Waals surface area contributed by atoms with E-state index in [-0.39, 0.29) is 7.43 Å². The van der Waals surface area contributed by atoms with Crippen molar-refractivity contribution in [3.05, 3.63) is 30.1 Å². The van der Waals surface area contributed by atoms with Gasteiger partial charge < -0.3 is 5.73 Å². The number of hydrogen-bond donors (Lipinski definition) is 1. The fourth-order valence-corrected chi connectivity index (χ4v) is 2.35. The van der Waals surface area contributed by atoms with Crippen molar-refractivity contribution in [3.63, 3.8) is 0 Å². The normalized spacial score (nSPS) is 26.3. The van der Waals surface area contributed by atoms with Crippen molar-refractivity contribution in [2.45, 2.75) is 19.9 Å². The smallest absolute Gasteiger partial charge is 0.0400 e. The zero-order chi connectivity index (χ0) is 9.97. The van der Waals surface area contributed by atoms with Crippen LogP contribution in [0.5, 0.6) is 0 Å². The van der Waals surface area contributed by atoms with Crippen LogP contribution >= 0.6 is 0 Å². The molecule has 2 rings (SSSR count). The highest BCUT2D eigenvalue weighted by molar-refractivity contribution is 5.16. The van der Waals surface area contributed by atoms with Gasteiger partial charge in [0.15, 0.2) is 0 Å². The van der Waals surface area contributed by atoms with Gasteiger partial charge in [-0.3, -0.25) is 9.88 Å². The largest absolute Gasteiger partial charge is 0.330 e. The molecule has 2 atom stereocenters. The van der Waals surface area contributed by atoms with Crippen LogP contribution < -0.4 is 5.73 Å². The van der Waals surface area contributed by atoms with E-state index in [9.17, 15) is 0 Å². The average molecular weight is 207 g/mol. The van der Waals surface area contributed by atoms with Crippen LogP contribution in [-0.2, 0) is 0 Å². The Balaban J connectivity index is 0.00000112. The van der Waals surface area contributed by atoms with E-state index in [0.717, 1.165) is 13.1 Å². The first-order valence-electron chi connectivity index (χ1n) is 5.13. The molecule has 2 heterocycles. The van der Waals surface area contributed by atoms with Gasteiger partial charge in [0.25, 0.3) is 0 Å². The van der Waals surface area contributed by atoms with E-state index in [1.54, 1.807) is 0 Å². The van der Waals surface area contributed by atoms with E-state index in [4.69, 9.17) is 5.73 Å². The van der Waals surface area contributed by atoms with E-state index in [2.05, 4.69) is 23.0 Å². The lowest BCUT2D eigenvalue weighted by Gasteiger charge is -2.24. The molecule has 0 saturated carbocycles. The zero-order valence-corrected chi connectivity index (χ0v) is 8.56. The molecule has 1 aromatic rings. The van der Waals surface area contributed by atoms with Crippen LogP contribution in [-0.4, -0.2) is 30.0 Å². The summed E-state index contributed by atoms with van der Waals surface area (Å²) in [6.45, 7) is 1.91. The number of nitrogens with two attached hydrogens (primary N) is 1. The Labute approximate surface area is 92.3 Å². The molecule has 0 bridgehead atoms. The first kappa shape index (κ1) is 12.1. The minimum atomic E-state index is 0. The molecule has 15 heavy (non-hydrogen) atoms. The Kier molecular flexibility index (Phi) is 4.24. The topological polar surface area (TPSA) is 42.1 Å². The molecule has 1 aromatic heterocycles. The zero-order valence-electron chi connectivity index (χ0n) is 8.56. The van der Waals surface area contributed by atoms with Crippen molar-refractivity contribution in [2.75, 3.05) is 20.1 Å². The average Bonchev–Trinajstić information content (AvgIpc) is 2.61. The summed E-state index contributed by atoms with van der Waals surface area (Å²) in [5, 5.41) is 0. The molecule has 1 aliphatic rings. The number of pyridine rings is 1. The van der Waals surface area contributed by atoms with Crippen molar-refractivity contribution in [3.8, 4) is 0 Å². The summed E-state index contributed by atoms with van der Waals surface area (Å²) >= 11 is 0. The van der Waals surface area contributed by atoms with Crippen LogP contribution in [0.2, 0.25) is 0 Å². The van der Waals surface area contributed by atoms with Gasteiger partial charge >= 0.3 is 0 Å². The second-order valence-corrected chi connectivity index (χ2v) is 4.00. The van der Waals surface area contributed by atoms with Gasteiger partial charge in [0.2, 0.25) is 0 Å². The van der Waals surface area contributed by atoms with Gasteiger partial charge in [-0.05, 0) is 44.1 Å². The summed E-state index contributed by atoms with van der Waals surface area (Å²) in [5.74, 6) is 0.587. The third-order valence-electron chi connectivity index (χ3n) is 3.10. The quantitative estimate of drug-likeness (QED) is 0.802. The van der Waals surface area contributed by atoms with Crippen molar-refractivity contribution in [2.24, 2.45) is 11.7 Å². The molecule has 2 N–H and O–H groups in total. The summed E-state index contributed by atoms with van der Waals surface area (Å²) < 4.78 is 0. The molecule has 0 unspecified atom stereocenters. The highest BCUT2D eigenvalue weighted by Gasteiger charge is 2.31. The number of nitrogens with zero attached hydrogens (tertiary/aromatic N) is 2. The predicted molar refractivity (Wildman–Crippen MR) is 63.5 cm³/mol. The lowest BCUT2D eigenvalue weighted by Crippen LogP contribution is -2.25. The van der Waals surface area contributed by atoms with Gasteiger partial charge in [-0.25, -0.2) is 0 Å². The van der Waals surface area contributed by atoms with Crippen molar-refractivity contribution < 1.29 is 0 Å². The van der Waals surface area contributed by atoms with Crippen LogP contribution in [0, 0.1) is 5.92 Å². The molecule has 3 heteroatoms. The molecule has 84 valence electrons. The molecule has 3 nitrogen and oxygen atoms in total. The first-order valence-corrected chi connectivity index (χ1v) is 5.13. The Morgan fingerprint density at radius 1 is 1.60 bits per heavy atom. The molecule has 0 amide bonds. The summed E-state index contributed by atoms with van der Waals surface area (Å²) in [6, 6.07) is 4.60. The van der Waals surface area contributed by atoms with Crippen LogP contribution in [0.25, 0.3) is 0 Å². The Bertz CT molecular complexity index is 286. The van der Waals surface area contributed by atoms with Crippen molar-refractivity contribution in [1.82, 2.24) is 9.88 Å². The van der Waals surface area contributed by atoms with Gasteiger partial charge in [0, 0.05) is 18.4 Å². The molecule has 0 aliphatic carbocycles. The molecule has 0 aromatic carbocycles. The molecule has 1 aliphatic heterocycles. The fourth-order valence-electron chi connectivity index (χ4n) is 2.35. The minimum absolute atomic E-state index is 0. The van der Waals surface area contributed by atoms with Crippen molar-refractivity contribution >= 4 is 0 Å². The van der Waals surface area contributed by atoms with Gasteiger partial charge in [0.1, 0.15) is 0 Å². The molecule has 0 radical (unpaired) electrons. The Hall–Kier alpha value is -0.930. The van der Waals surface area contributed by atoms with E-state index < -0.39 is 0 Å². The molecule has 0 spiro atoms. The summed E-state index contributed by atoms with van der Waals surface area (Å²) in [7, 11) is 2.16. The molecular weight excluding hydrogens is 186 g/mol. The number of aromatic nitrogens is 1. The first-order chi connectivity index (χ1) is 6.83. The third kappa shape index (κ3) is 2.36. The van der Waals surface area contributed by atoms with Crippen LogP contribution in [0.4, 0.5) is 0 Å². The van der Waals surface area contributed by atoms with Crippen LogP contribution in [0.1, 0.15) is 25.5 Å². The number of likely N-dealkylation sites (tertiary alicyclic amines) is 1. The lowest BCUT2D eigenvalue weighted by molar-refractivity contribution is 0.279. The maximum absolute atomic E-state index is 5.78. The summed E-state index contributed by atoms with van der Waals surface area (Å²) in [5.41, 5.74) is 7.07. The third-order valence-corrected chi connectivity index (χ3v) is 3.10. The van der Waals surface area contributed by atoms with Crippen LogP contribution in [0.15, 0.2) is 24.5 Å². The fraction of sp³-hybridized carbons (Fsp3) is 0.583. The minimum Gasteiger partial charge on any atom is -0.330 e. The van der Waals surface area contributed by atoms with E-state index in [1.165, 1.54) is 12.0 Å². The summed E-state index contributed by atoms with van der Waals surface area (Å²) in [4.78, 5) is 6.53. The van der Waals surface area contributed by atoms with E-state index in [0.29, 0.717) is 12.0 Å². The second kappa shape index (κ2) is 5.24. The summed E-state index contributed by atoms with van der Waals surface area (Å²) in [6.07, 6.45) is 4.97. The SMILES string of the molecule is C.CN1CC[C@H](CN)[C@H]1c1cccnc1. The van der Waals surface area contributed by atoms with E-state index >= 15 is 0 Å².